The van der Waals surface area contributed by atoms with Crippen LogP contribution in [0.4, 0.5) is 0 Å². The molecule has 2 rings (SSSR count). The van der Waals surface area contributed by atoms with Gasteiger partial charge in [-0.15, -0.1) is 0 Å². The van der Waals surface area contributed by atoms with Gasteiger partial charge in [0.1, 0.15) is 5.15 Å². The zero-order valence-corrected chi connectivity index (χ0v) is 13.2. The Morgan fingerprint density at radius 2 is 2.25 bits per heavy atom. The van der Waals surface area contributed by atoms with E-state index in [1.54, 1.807) is 6.07 Å². The molecule has 2 heterocycles. The molecule has 20 heavy (non-hydrogen) atoms. The molecule has 1 unspecified atom stereocenters. The van der Waals surface area contributed by atoms with Crippen LogP contribution in [0, 0.1) is 0 Å². The lowest BCUT2D eigenvalue weighted by atomic mass is 10.1. The maximum atomic E-state index is 12.5. The van der Waals surface area contributed by atoms with Gasteiger partial charge in [0.25, 0.3) is 5.91 Å². The summed E-state index contributed by atoms with van der Waals surface area (Å²) in [5.41, 5.74) is 1.56. The van der Waals surface area contributed by atoms with Gasteiger partial charge < -0.3 is 9.80 Å². The smallest absolute Gasteiger partial charge is 0.254 e. The molecule has 0 aromatic carbocycles. The number of rotatable bonds is 4. The van der Waals surface area contributed by atoms with Crippen LogP contribution < -0.4 is 0 Å². The van der Waals surface area contributed by atoms with Gasteiger partial charge in [0.2, 0.25) is 0 Å². The van der Waals surface area contributed by atoms with Crippen LogP contribution >= 0.6 is 11.6 Å². The topological polar surface area (TPSA) is 36.4 Å². The number of aryl methyl sites for hydroxylation is 1. The number of carbonyl (C=O) groups excluding carboxylic acids is 1. The molecule has 1 aromatic heterocycles. The first-order valence-electron chi connectivity index (χ1n) is 7.13. The summed E-state index contributed by atoms with van der Waals surface area (Å²) in [4.78, 5) is 20.9. The second kappa shape index (κ2) is 6.55. The number of likely N-dealkylation sites (tertiary alicyclic amines) is 1. The Bertz CT molecular complexity index is 490. The van der Waals surface area contributed by atoms with Crippen molar-refractivity contribution in [3.8, 4) is 0 Å². The van der Waals surface area contributed by atoms with Crippen molar-refractivity contribution in [2.45, 2.75) is 32.2 Å². The van der Waals surface area contributed by atoms with Crippen LogP contribution in [0.5, 0.6) is 0 Å². The van der Waals surface area contributed by atoms with Crippen molar-refractivity contribution >= 4 is 17.5 Å². The maximum Gasteiger partial charge on any atom is 0.254 e. The van der Waals surface area contributed by atoms with Crippen molar-refractivity contribution in [1.82, 2.24) is 14.8 Å². The van der Waals surface area contributed by atoms with E-state index >= 15 is 0 Å². The van der Waals surface area contributed by atoms with Crippen molar-refractivity contribution in [3.63, 3.8) is 0 Å². The lowest BCUT2D eigenvalue weighted by molar-refractivity contribution is 0.0783. The number of aromatic nitrogens is 1. The minimum atomic E-state index is 0.0657. The number of carbonyl (C=O) groups is 1. The molecule has 5 heteroatoms. The molecule has 1 fully saturated rings. The third kappa shape index (κ3) is 3.49. The van der Waals surface area contributed by atoms with E-state index < -0.39 is 0 Å². The number of halogens is 1. The van der Waals surface area contributed by atoms with Crippen molar-refractivity contribution in [2.24, 2.45) is 0 Å². The van der Waals surface area contributed by atoms with Crippen LogP contribution in [-0.2, 0) is 6.42 Å². The molecule has 1 aliphatic rings. The molecule has 0 saturated carbocycles. The average molecular weight is 296 g/mol. The molecular formula is C15H22ClN3O. The van der Waals surface area contributed by atoms with Gasteiger partial charge in [-0.1, -0.05) is 24.9 Å². The van der Waals surface area contributed by atoms with E-state index in [-0.39, 0.29) is 5.91 Å². The largest absolute Gasteiger partial charge is 0.337 e. The van der Waals surface area contributed by atoms with Gasteiger partial charge >= 0.3 is 0 Å². The minimum absolute atomic E-state index is 0.0657. The second-order valence-corrected chi connectivity index (χ2v) is 5.96. The van der Waals surface area contributed by atoms with E-state index in [2.05, 4.69) is 30.9 Å². The highest BCUT2D eigenvalue weighted by molar-refractivity contribution is 6.29. The number of amides is 1. The highest BCUT2D eigenvalue weighted by atomic mass is 35.5. The van der Waals surface area contributed by atoms with Crippen molar-refractivity contribution in [1.29, 1.82) is 0 Å². The van der Waals surface area contributed by atoms with Gasteiger partial charge in [-0.25, -0.2) is 4.98 Å². The van der Waals surface area contributed by atoms with Gasteiger partial charge in [-0.05, 0) is 39.1 Å². The molecule has 0 radical (unpaired) electrons. The second-order valence-electron chi connectivity index (χ2n) is 5.58. The Balaban J connectivity index is 2.13. The fraction of sp³-hybridized carbons (Fsp3) is 0.600. The SMILES string of the molecule is CCCc1cc(C(=O)N2CCC(N(C)C)C2)cc(Cl)n1. The zero-order chi connectivity index (χ0) is 14.7. The normalized spacial score (nSPS) is 18.9. The van der Waals surface area contributed by atoms with E-state index in [1.807, 2.05) is 11.0 Å². The first-order valence-corrected chi connectivity index (χ1v) is 7.51. The number of nitrogens with zero attached hydrogens (tertiary/aromatic N) is 3. The quantitative estimate of drug-likeness (QED) is 0.801. The molecule has 1 amide bonds. The van der Waals surface area contributed by atoms with Crippen LogP contribution in [0.25, 0.3) is 0 Å². The summed E-state index contributed by atoms with van der Waals surface area (Å²) in [5.74, 6) is 0.0657. The van der Waals surface area contributed by atoms with Crippen molar-refractivity contribution in [3.05, 3.63) is 28.5 Å². The molecule has 1 atom stereocenters. The van der Waals surface area contributed by atoms with E-state index in [9.17, 15) is 4.79 Å². The fourth-order valence-corrected chi connectivity index (χ4v) is 2.82. The third-order valence-electron chi connectivity index (χ3n) is 3.78. The number of pyridine rings is 1. The fourth-order valence-electron chi connectivity index (χ4n) is 2.59. The van der Waals surface area contributed by atoms with Crippen LogP contribution in [-0.4, -0.2) is 53.9 Å². The summed E-state index contributed by atoms with van der Waals surface area (Å²) in [6.45, 7) is 3.69. The Hall–Kier alpha value is -1.13. The zero-order valence-electron chi connectivity index (χ0n) is 12.4. The molecule has 0 bridgehead atoms. The maximum absolute atomic E-state index is 12.5. The molecular weight excluding hydrogens is 274 g/mol. The predicted octanol–water partition coefficient (Wildman–Crippen LogP) is 2.46. The Morgan fingerprint density at radius 3 is 2.85 bits per heavy atom. The highest BCUT2D eigenvalue weighted by Crippen LogP contribution is 2.19. The van der Waals surface area contributed by atoms with Crippen molar-refractivity contribution in [2.75, 3.05) is 27.2 Å². The predicted molar refractivity (Wildman–Crippen MR) is 81.2 cm³/mol. The molecule has 110 valence electrons. The summed E-state index contributed by atoms with van der Waals surface area (Å²) < 4.78 is 0. The Kier molecular flexibility index (Phi) is 5.00. The summed E-state index contributed by atoms with van der Waals surface area (Å²) in [6, 6.07) is 4.00. The lowest BCUT2D eigenvalue weighted by Crippen LogP contribution is -2.34. The van der Waals surface area contributed by atoms with Gasteiger partial charge in [0.15, 0.2) is 0 Å². The Morgan fingerprint density at radius 1 is 1.50 bits per heavy atom. The standard InChI is InChI=1S/C15H22ClN3O/c1-4-5-12-8-11(9-14(16)17-12)15(20)19-7-6-13(10-19)18(2)3/h8-9,13H,4-7,10H2,1-3H3. The average Bonchev–Trinajstić information content (AvgIpc) is 2.87. The van der Waals surface area contributed by atoms with E-state index in [4.69, 9.17) is 11.6 Å². The number of hydrogen-bond donors (Lipinski definition) is 0. The van der Waals surface area contributed by atoms with E-state index in [1.165, 1.54) is 0 Å². The van der Waals surface area contributed by atoms with Crippen molar-refractivity contribution < 1.29 is 4.79 Å². The van der Waals surface area contributed by atoms with Crippen LogP contribution in [0.1, 0.15) is 35.8 Å². The van der Waals surface area contributed by atoms with Crippen LogP contribution in [0.2, 0.25) is 5.15 Å². The van der Waals surface area contributed by atoms with E-state index in [0.717, 1.165) is 38.0 Å². The lowest BCUT2D eigenvalue weighted by Gasteiger charge is -2.20. The molecule has 4 nitrogen and oxygen atoms in total. The van der Waals surface area contributed by atoms with Gasteiger partial charge in [-0.2, -0.15) is 0 Å². The Labute approximate surface area is 125 Å². The third-order valence-corrected chi connectivity index (χ3v) is 3.97. The van der Waals surface area contributed by atoms with Gasteiger partial charge in [-0.3, -0.25) is 4.79 Å². The molecule has 1 aromatic rings. The van der Waals surface area contributed by atoms with Crippen LogP contribution in [0.3, 0.4) is 0 Å². The first kappa shape index (κ1) is 15.3. The molecule has 1 aliphatic heterocycles. The monoisotopic (exact) mass is 295 g/mol. The molecule has 0 spiro atoms. The number of hydrogen-bond acceptors (Lipinski definition) is 3. The van der Waals surface area contributed by atoms with E-state index in [0.29, 0.717) is 16.8 Å². The van der Waals surface area contributed by atoms with Gasteiger partial charge in [0, 0.05) is 30.4 Å². The summed E-state index contributed by atoms with van der Waals surface area (Å²) in [6.07, 6.45) is 2.87. The van der Waals surface area contributed by atoms with Crippen LogP contribution in [0.15, 0.2) is 12.1 Å². The molecule has 1 saturated heterocycles. The number of likely N-dealkylation sites (N-methyl/N-ethyl adjacent to an activating group) is 1. The highest BCUT2D eigenvalue weighted by Gasteiger charge is 2.28. The summed E-state index contributed by atoms with van der Waals surface area (Å²) in [5, 5.41) is 0.405. The molecule has 0 N–H and O–H groups in total. The van der Waals surface area contributed by atoms with Gasteiger partial charge in [0.05, 0.1) is 0 Å². The first-order chi connectivity index (χ1) is 9.51. The summed E-state index contributed by atoms with van der Waals surface area (Å²) in [7, 11) is 4.11. The minimum Gasteiger partial charge on any atom is -0.337 e. The molecule has 0 aliphatic carbocycles. The summed E-state index contributed by atoms with van der Waals surface area (Å²) >= 11 is 6.03.